The minimum atomic E-state index is -0.415. The number of methoxy groups -OCH3 is 1. The number of nitrogens with one attached hydrogen (secondary N) is 1. The third-order valence-electron chi connectivity index (χ3n) is 4.18. The molecule has 1 unspecified atom stereocenters. The van der Waals surface area contributed by atoms with Crippen LogP contribution in [0.3, 0.4) is 0 Å². The number of hydrogen-bond donors (Lipinski definition) is 2. The van der Waals surface area contributed by atoms with Crippen molar-refractivity contribution in [1.82, 2.24) is 9.55 Å². The van der Waals surface area contributed by atoms with Gasteiger partial charge in [0.2, 0.25) is 5.95 Å². The molecule has 26 heavy (non-hydrogen) atoms. The number of nitrogens with zero attached hydrogens (tertiary/aromatic N) is 3. The number of hydrogen-bond acceptors (Lipinski definition) is 6. The number of nitrogens with two attached hydrogens (primary N) is 1. The number of ether oxygens (including phenoxy) is 2. The molecule has 0 fully saturated rings. The molecule has 1 atom stereocenters. The number of aromatic nitrogens is 2. The molecule has 3 aromatic rings. The molecule has 0 bridgehead atoms. The fraction of sp³-hybridized carbons (Fsp3) is 0.222. The Morgan fingerprint density at radius 3 is 2.88 bits per heavy atom. The molecule has 1 aromatic heterocycles. The number of imidazole rings is 1. The monoisotopic (exact) mass is 371 g/mol. The third-order valence-corrected chi connectivity index (χ3v) is 4.46. The highest BCUT2D eigenvalue weighted by atomic mass is 35.5. The summed E-state index contributed by atoms with van der Waals surface area (Å²) in [6, 6.07) is 11.5. The summed E-state index contributed by atoms with van der Waals surface area (Å²) in [6.45, 7) is 2.40. The van der Waals surface area contributed by atoms with Crippen LogP contribution >= 0.6 is 11.6 Å². The summed E-state index contributed by atoms with van der Waals surface area (Å²) in [4.78, 5) is 9.16. The molecule has 0 saturated heterocycles. The van der Waals surface area contributed by atoms with E-state index in [0.717, 1.165) is 16.6 Å². The summed E-state index contributed by atoms with van der Waals surface area (Å²) >= 11 is 6.42. The summed E-state index contributed by atoms with van der Waals surface area (Å²) in [5.41, 5.74) is 8.62. The zero-order chi connectivity index (χ0) is 18.3. The normalized spacial score (nSPS) is 16.0. The van der Waals surface area contributed by atoms with Crippen LogP contribution < -0.4 is 20.5 Å². The standard InChI is InChI=1S/C18H18ClN5O2/c1-3-26-14-9-10(8-11(19)15(14)25-2)16-22-17(20)23-18-21-12-6-4-5-7-13(12)24(16)18/h4-9,16H,3H2,1-2H3,(H3,20,21,22,23). The predicted octanol–water partition coefficient (Wildman–Crippen LogP) is 3.38. The third kappa shape index (κ3) is 2.61. The fourth-order valence-corrected chi connectivity index (χ4v) is 3.43. The Morgan fingerprint density at radius 1 is 1.31 bits per heavy atom. The van der Waals surface area contributed by atoms with Crippen molar-refractivity contribution in [2.24, 2.45) is 10.7 Å². The van der Waals surface area contributed by atoms with E-state index in [0.29, 0.717) is 35.0 Å². The van der Waals surface area contributed by atoms with Crippen molar-refractivity contribution in [2.45, 2.75) is 13.1 Å². The molecular weight excluding hydrogens is 354 g/mol. The number of anilines is 1. The molecule has 1 aliphatic rings. The molecule has 0 amide bonds. The summed E-state index contributed by atoms with van der Waals surface area (Å²) < 4.78 is 13.0. The molecule has 0 radical (unpaired) electrons. The molecule has 0 saturated carbocycles. The van der Waals surface area contributed by atoms with Crippen LogP contribution in [0.25, 0.3) is 11.0 Å². The lowest BCUT2D eigenvalue weighted by Gasteiger charge is -2.25. The molecule has 134 valence electrons. The van der Waals surface area contributed by atoms with Crippen LogP contribution in [0.15, 0.2) is 41.4 Å². The van der Waals surface area contributed by atoms with E-state index >= 15 is 0 Å². The zero-order valence-electron chi connectivity index (χ0n) is 14.4. The van der Waals surface area contributed by atoms with E-state index in [1.807, 2.05) is 47.9 Å². The number of halogens is 1. The molecule has 0 aliphatic carbocycles. The van der Waals surface area contributed by atoms with Crippen LogP contribution in [0.5, 0.6) is 11.5 Å². The Hall–Kier alpha value is -2.93. The second kappa shape index (κ2) is 6.42. The first-order chi connectivity index (χ1) is 12.6. The lowest BCUT2D eigenvalue weighted by molar-refractivity contribution is 0.310. The van der Waals surface area contributed by atoms with Crippen LogP contribution in [0.4, 0.5) is 5.95 Å². The zero-order valence-corrected chi connectivity index (χ0v) is 15.1. The van der Waals surface area contributed by atoms with E-state index in [9.17, 15) is 0 Å². The Balaban J connectivity index is 1.92. The van der Waals surface area contributed by atoms with Gasteiger partial charge in [0.05, 0.1) is 29.8 Å². The van der Waals surface area contributed by atoms with E-state index in [4.69, 9.17) is 26.8 Å². The van der Waals surface area contributed by atoms with E-state index in [1.54, 1.807) is 7.11 Å². The number of benzene rings is 2. The second-order valence-electron chi connectivity index (χ2n) is 5.77. The molecule has 8 heteroatoms. The first kappa shape index (κ1) is 16.5. The summed E-state index contributed by atoms with van der Waals surface area (Å²) in [5, 5.41) is 3.47. The van der Waals surface area contributed by atoms with Crippen molar-refractivity contribution in [2.75, 3.05) is 19.0 Å². The molecule has 7 nitrogen and oxygen atoms in total. The van der Waals surface area contributed by atoms with E-state index < -0.39 is 6.17 Å². The van der Waals surface area contributed by atoms with Crippen molar-refractivity contribution >= 4 is 34.5 Å². The Bertz CT molecular complexity index is 1010. The van der Waals surface area contributed by atoms with Gasteiger partial charge in [-0.2, -0.15) is 0 Å². The SMILES string of the molecule is CCOc1cc(C2N=C(N)Nc3nc4ccccc4n32)cc(Cl)c1OC. The Labute approximate surface area is 155 Å². The minimum absolute atomic E-state index is 0.294. The van der Waals surface area contributed by atoms with Gasteiger partial charge in [0.25, 0.3) is 0 Å². The molecule has 4 rings (SSSR count). The van der Waals surface area contributed by atoms with Crippen molar-refractivity contribution in [3.05, 3.63) is 47.0 Å². The summed E-state index contributed by atoms with van der Waals surface area (Å²) in [6.07, 6.45) is -0.415. The molecule has 0 spiro atoms. The maximum atomic E-state index is 6.42. The van der Waals surface area contributed by atoms with Gasteiger partial charge in [-0.15, -0.1) is 0 Å². The van der Waals surface area contributed by atoms with Gasteiger partial charge in [-0.05, 0) is 31.2 Å². The lowest BCUT2D eigenvalue weighted by atomic mass is 10.1. The van der Waals surface area contributed by atoms with Gasteiger partial charge in [0.15, 0.2) is 23.6 Å². The maximum absolute atomic E-state index is 6.42. The largest absolute Gasteiger partial charge is 0.491 e. The Morgan fingerprint density at radius 2 is 2.12 bits per heavy atom. The van der Waals surface area contributed by atoms with Crippen LogP contribution in [0.2, 0.25) is 5.02 Å². The quantitative estimate of drug-likeness (QED) is 0.734. The summed E-state index contributed by atoms with van der Waals surface area (Å²) in [7, 11) is 1.56. The van der Waals surface area contributed by atoms with Gasteiger partial charge in [0, 0.05) is 5.56 Å². The average Bonchev–Trinajstić information content (AvgIpc) is 2.99. The van der Waals surface area contributed by atoms with E-state index in [2.05, 4.69) is 15.3 Å². The second-order valence-corrected chi connectivity index (χ2v) is 6.18. The fourth-order valence-electron chi connectivity index (χ4n) is 3.14. The minimum Gasteiger partial charge on any atom is -0.491 e. The highest BCUT2D eigenvalue weighted by Crippen LogP contribution is 2.41. The number of para-hydroxylation sites is 2. The van der Waals surface area contributed by atoms with Gasteiger partial charge in [0.1, 0.15) is 0 Å². The van der Waals surface area contributed by atoms with Gasteiger partial charge < -0.3 is 15.2 Å². The average molecular weight is 372 g/mol. The number of guanidine groups is 1. The molecule has 2 aromatic carbocycles. The number of fused-ring (bicyclic) bond motifs is 3. The molecule has 3 N–H and O–H groups in total. The first-order valence-corrected chi connectivity index (χ1v) is 8.57. The van der Waals surface area contributed by atoms with E-state index in [-0.39, 0.29) is 0 Å². The van der Waals surface area contributed by atoms with Crippen molar-refractivity contribution in [3.8, 4) is 11.5 Å². The van der Waals surface area contributed by atoms with Crippen LogP contribution in [-0.4, -0.2) is 29.2 Å². The predicted molar refractivity (Wildman–Crippen MR) is 102 cm³/mol. The van der Waals surface area contributed by atoms with Gasteiger partial charge in [-0.3, -0.25) is 9.88 Å². The van der Waals surface area contributed by atoms with Crippen molar-refractivity contribution in [1.29, 1.82) is 0 Å². The molecule has 2 heterocycles. The van der Waals surface area contributed by atoms with Crippen molar-refractivity contribution in [3.63, 3.8) is 0 Å². The Kier molecular flexibility index (Phi) is 4.08. The number of aliphatic imine (C=N–C) groups is 1. The number of rotatable bonds is 4. The van der Waals surface area contributed by atoms with Crippen LogP contribution in [-0.2, 0) is 0 Å². The van der Waals surface area contributed by atoms with Gasteiger partial charge >= 0.3 is 0 Å². The first-order valence-electron chi connectivity index (χ1n) is 8.20. The van der Waals surface area contributed by atoms with Gasteiger partial charge in [-0.1, -0.05) is 23.7 Å². The topological polar surface area (TPSA) is 86.7 Å². The molecule has 1 aliphatic heterocycles. The molecular formula is C18H18ClN5O2. The van der Waals surface area contributed by atoms with Crippen molar-refractivity contribution < 1.29 is 9.47 Å². The van der Waals surface area contributed by atoms with E-state index in [1.165, 1.54) is 0 Å². The smallest absolute Gasteiger partial charge is 0.212 e. The van der Waals surface area contributed by atoms with Crippen LogP contribution in [0.1, 0.15) is 18.7 Å². The summed E-state index contributed by atoms with van der Waals surface area (Å²) in [5.74, 6) is 1.99. The lowest BCUT2D eigenvalue weighted by Crippen LogP contribution is -2.31. The highest BCUT2D eigenvalue weighted by Gasteiger charge is 2.26. The highest BCUT2D eigenvalue weighted by molar-refractivity contribution is 6.32. The maximum Gasteiger partial charge on any atom is 0.212 e. The van der Waals surface area contributed by atoms with Gasteiger partial charge in [-0.25, -0.2) is 9.98 Å². The van der Waals surface area contributed by atoms with Crippen LogP contribution in [0, 0.1) is 0 Å².